The molecular weight excluding hydrogens is 219 g/mol. The van der Waals surface area contributed by atoms with Gasteiger partial charge in [0, 0.05) is 13.2 Å². The van der Waals surface area contributed by atoms with E-state index in [0.29, 0.717) is 5.46 Å². The molecule has 0 spiro atoms. The van der Waals surface area contributed by atoms with E-state index in [1.54, 1.807) is 7.05 Å². The van der Waals surface area contributed by atoms with Crippen LogP contribution in [0.3, 0.4) is 0 Å². The number of aryl methyl sites for hydroxylation is 1. The summed E-state index contributed by atoms with van der Waals surface area (Å²) in [7, 11) is 1.01. The number of nitrogens with zero attached hydrogens (tertiary/aromatic N) is 2. The van der Waals surface area contributed by atoms with Crippen molar-refractivity contribution in [3.05, 3.63) is 22.9 Å². The first-order chi connectivity index (χ1) is 7.74. The van der Waals surface area contributed by atoms with Crippen LogP contribution in [-0.2, 0) is 16.4 Å². The molecule has 0 aliphatic carbocycles. The first kappa shape index (κ1) is 12.3. The molecule has 1 aromatic rings. The van der Waals surface area contributed by atoms with Crippen molar-refractivity contribution in [1.82, 2.24) is 9.55 Å². The lowest BCUT2D eigenvalue weighted by Crippen LogP contribution is -2.47. The highest BCUT2D eigenvalue weighted by Crippen LogP contribution is 2.36. The molecular formula is C11H17BN2O3. The van der Waals surface area contributed by atoms with E-state index in [2.05, 4.69) is 4.98 Å². The smallest absolute Gasteiger partial charge is 0.399 e. The van der Waals surface area contributed by atoms with Gasteiger partial charge in [-0.1, -0.05) is 0 Å². The van der Waals surface area contributed by atoms with Crippen LogP contribution in [0.4, 0.5) is 0 Å². The first-order valence-electron chi connectivity index (χ1n) is 5.61. The highest BCUT2D eigenvalue weighted by atomic mass is 16.7. The lowest BCUT2D eigenvalue weighted by Gasteiger charge is -2.32. The van der Waals surface area contributed by atoms with Crippen LogP contribution in [0.15, 0.2) is 17.3 Å². The van der Waals surface area contributed by atoms with Crippen LogP contribution >= 0.6 is 0 Å². The topological polar surface area (TPSA) is 53.4 Å². The van der Waals surface area contributed by atoms with Crippen molar-refractivity contribution in [1.29, 1.82) is 0 Å². The average molecular weight is 236 g/mol. The van der Waals surface area contributed by atoms with Gasteiger partial charge in [0.15, 0.2) is 0 Å². The van der Waals surface area contributed by atoms with Crippen molar-refractivity contribution >= 4 is 12.6 Å². The minimum atomic E-state index is -0.646. The Morgan fingerprint density at radius 1 is 1.24 bits per heavy atom. The molecule has 1 aromatic heterocycles. The molecule has 0 radical (unpaired) electrons. The van der Waals surface area contributed by atoms with Gasteiger partial charge in [0.2, 0.25) is 0 Å². The minimum Gasteiger partial charge on any atom is -0.399 e. The SMILES string of the molecule is Cn1cncc(B2OC(C)(C)C(C)(C)O2)c1=O. The van der Waals surface area contributed by atoms with E-state index in [0.717, 1.165) is 0 Å². The van der Waals surface area contributed by atoms with E-state index in [1.165, 1.54) is 17.1 Å². The van der Waals surface area contributed by atoms with Crippen LogP contribution in [0, 0.1) is 0 Å². The van der Waals surface area contributed by atoms with E-state index in [9.17, 15) is 4.79 Å². The number of hydrogen-bond donors (Lipinski definition) is 0. The van der Waals surface area contributed by atoms with Crippen LogP contribution in [0.5, 0.6) is 0 Å². The van der Waals surface area contributed by atoms with Gasteiger partial charge in [-0.2, -0.15) is 0 Å². The molecule has 0 saturated carbocycles. The van der Waals surface area contributed by atoms with Gasteiger partial charge in [-0.25, -0.2) is 4.98 Å². The Labute approximate surface area is 101 Å². The van der Waals surface area contributed by atoms with Crippen molar-refractivity contribution in [3.8, 4) is 0 Å². The maximum absolute atomic E-state index is 11.9. The molecule has 1 aliphatic heterocycles. The molecule has 6 heteroatoms. The van der Waals surface area contributed by atoms with Crippen LogP contribution in [0.2, 0.25) is 0 Å². The number of rotatable bonds is 1. The van der Waals surface area contributed by atoms with Crippen LogP contribution in [0.25, 0.3) is 0 Å². The maximum atomic E-state index is 11.9. The second-order valence-corrected chi connectivity index (χ2v) is 5.35. The summed E-state index contributed by atoms with van der Waals surface area (Å²) in [6, 6.07) is 0. The van der Waals surface area contributed by atoms with Crippen LogP contribution < -0.4 is 11.0 Å². The van der Waals surface area contributed by atoms with E-state index >= 15 is 0 Å². The van der Waals surface area contributed by atoms with Crippen molar-refractivity contribution in [2.24, 2.45) is 7.05 Å². The first-order valence-corrected chi connectivity index (χ1v) is 5.61. The molecule has 2 heterocycles. The molecule has 17 heavy (non-hydrogen) atoms. The Balaban J connectivity index is 2.39. The van der Waals surface area contributed by atoms with Gasteiger partial charge in [0.1, 0.15) is 0 Å². The third-order valence-corrected chi connectivity index (χ3v) is 3.53. The zero-order valence-corrected chi connectivity index (χ0v) is 10.9. The number of hydrogen-bond acceptors (Lipinski definition) is 4. The summed E-state index contributed by atoms with van der Waals surface area (Å²) in [6.45, 7) is 7.81. The van der Waals surface area contributed by atoms with E-state index in [-0.39, 0.29) is 5.56 Å². The van der Waals surface area contributed by atoms with Gasteiger partial charge in [-0.3, -0.25) is 4.79 Å². The molecule has 5 nitrogen and oxygen atoms in total. The molecule has 92 valence electrons. The molecule has 1 fully saturated rings. The second-order valence-electron chi connectivity index (χ2n) is 5.35. The Morgan fingerprint density at radius 3 is 2.29 bits per heavy atom. The van der Waals surface area contributed by atoms with E-state index < -0.39 is 18.3 Å². The maximum Gasteiger partial charge on any atom is 0.502 e. The Morgan fingerprint density at radius 2 is 1.76 bits per heavy atom. The standard InChI is InChI=1S/C11H17BN2O3/c1-10(2)11(3,4)17-12(16-10)8-6-13-7-14(5)9(8)15/h6-7H,1-5H3. The van der Waals surface area contributed by atoms with Crippen molar-refractivity contribution in [2.75, 3.05) is 0 Å². The van der Waals surface area contributed by atoms with E-state index in [1.807, 2.05) is 27.7 Å². The van der Waals surface area contributed by atoms with Gasteiger partial charge in [-0.15, -0.1) is 0 Å². The Kier molecular flexibility index (Phi) is 2.67. The summed E-state index contributed by atoms with van der Waals surface area (Å²) in [5.41, 5.74) is -0.594. The van der Waals surface area contributed by atoms with Crippen LogP contribution in [-0.4, -0.2) is 27.9 Å². The summed E-state index contributed by atoms with van der Waals surface area (Å²) < 4.78 is 13.0. The van der Waals surface area contributed by atoms with Gasteiger partial charge in [0.25, 0.3) is 5.56 Å². The Bertz CT molecular complexity index is 480. The summed E-state index contributed by atoms with van der Waals surface area (Å²) >= 11 is 0. The molecule has 0 N–H and O–H groups in total. The largest absolute Gasteiger partial charge is 0.502 e. The molecule has 1 saturated heterocycles. The monoisotopic (exact) mass is 236 g/mol. The average Bonchev–Trinajstić information content (AvgIpc) is 2.40. The fourth-order valence-electron chi connectivity index (χ4n) is 1.66. The minimum absolute atomic E-state index is 0.140. The highest BCUT2D eigenvalue weighted by molar-refractivity contribution is 6.61. The molecule has 0 aromatic carbocycles. The molecule has 0 bridgehead atoms. The van der Waals surface area contributed by atoms with Crippen molar-refractivity contribution in [3.63, 3.8) is 0 Å². The van der Waals surface area contributed by atoms with Crippen molar-refractivity contribution < 1.29 is 9.31 Å². The predicted octanol–water partition coefficient (Wildman–Crippen LogP) is 0.0795. The zero-order chi connectivity index (χ0) is 12.8. The highest BCUT2D eigenvalue weighted by Gasteiger charge is 2.52. The molecule has 1 aliphatic rings. The van der Waals surface area contributed by atoms with E-state index in [4.69, 9.17) is 9.31 Å². The third kappa shape index (κ3) is 1.91. The van der Waals surface area contributed by atoms with Crippen molar-refractivity contribution in [2.45, 2.75) is 38.9 Å². The molecule has 0 amide bonds. The Hall–Kier alpha value is -1.14. The zero-order valence-electron chi connectivity index (χ0n) is 10.9. The summed E-state index contributed by atoms with van der Waals surface area (Å²) in [5.74, 6) is 0. The quantitative estimate of drug-likeness (QED) is 0.648. The van der Waals surface area contributed by atoms with Crippen LogP contribution in [0.1, 0.15) is 27.7 Å². The number of aromatic nitrogens is 2. The lowest BCUT2D eigenvalue weighted by atomic mass is 9.81. The molecule has 2 rings (SSSR count). The summed E-state index contributed by atoms with van der Waals surface area (Å²) in [4.78, 5) is 15.9. The fraction of sp³-hybridized carbons (Fsp3) is 0.636. The van der Waals surface area contributed by atoms with Gasteiger partial charge < -0.3 is 13.9 Å². The fourth-order valence-corrected chi connectivity index (χ4v) is 1.66. The molecule has 0 atom stereocenters. The second kappa shape index (κ2) is 3.68. The third-order valence-electron chi connectivity index (χ3n) is 3.53. The summed E-state index contributed by atoms with van der Waals surface area (Å²) in [5, 5.41) is 0. The summed E-state index contributed by atoms with van der Waals surface area (Å²) in [6.07, 6.45) is 2.97. The van der Waals surface area contributed by atoms with Gasteiger partial charge in [0.05, 0.1) is 23.0 Å². The lowest BCUT2D eigenvalue weighted by molar-refractivity contribution is 0.00578. The molecule has 0 unspecified atom stereocenters. The normalized spacial score (nSPS) is 21.8. The van der Waals surface area contributed by atoms with Gasteiger partial charge >= 0.3 is 7.12 Å². The van der Waals surface area contributed by atoms with Gasteiger partial charge in [-0.05, 0) is 27.7 Å². The predicted molar refractivity (Wildman–Crippen MR) is 65.2 cm³/mol.